The Morgan fingerprint density at radius 2 is 1.82 bits per heavy atom. The number of allylic oxidation sites excluding steroid dienone is 1. The third-order valence-electron chi connectivity index (χ3n) is 2.85. The summed E-state index contributed by atoms with van der Waals surface area (Å²) in [6.07, 6.45) is 6.19. The van der Waals surface area contributed by atoms with Gasteiger partial charge in [-0.3, -0.25) is 0 Å². The van der Waals surface area contributed by atoms with E-state index >= 15 is 0 Å². The topological polar surface area (TPSA) is 38.7 Å². The molecule has 0 unspecified atom stereocenters. The zero-order valence-electron chi connectivity index (χ0n) is 9.30. The highest BCUT2D eigenvalue weighted by Gasteiger charge is 2.07. The predicted molar refractivity (Wildman–Crippen MR) is 68.7 cm³/mol. The molecule has 3 nitrogen and oxygen atoms in total. The molecule has 0 spiro atoms. The SMILES string of the molecule is C=CCc1c2ccccc2nc2cnncc12. The smallest absolute Gasteiger partial charge is 0.0930 e. The molecule has 2 aromatic heterocycles. The second-order valence-corrected chi connectivity index (χ2v) is 3.89. The average molecular weight is 221 g/mol. The Hall–Kier alpha value is -2.29. The summed E-state index contributed by atoms with van der Waals surface area (Å²) >= 11 is 0. The summed E-state index contributed by atoms with van der Waals surface area (Å²) in [4.78, 5) is 4.58. The lowest BCUT2D eigenvalue weighted by Gasteiger charge is -2.07. The van der Waals surface area contributed by atoms with Crippen LogP contribution in [-0.4, -0.2) is 15.2 Å². The van der Waals surface area contributed by atoms with Crippen molar-refractivity contribution in [1.29, 1.82) is 0 Å². The van der Waals surface area contributed by atoms with E-state index in [0.29, 0.717) is 0 Å². The fourth-order valence-electron chi connectivity index (χ4n) is 2.10. The van der Waals surface area contributed by atoms with E-state index in [1.807, 2.05) is 24.3 Å². The van der Waals surface area contributed by atoms with Crippen molar-refractivity contribution in [3.8, 4) is 0 Å². The molecule has 1 aromatic carbocycles. The van der Waals surface area contributed by atoms with Crippen LogP contribution in [0.4, 0.5) is 0 Å². The molecule has 82 valence electrons. The molecule has 0 aliphatic heterocycles. The van der Waals surface area contributed by atoms with Crippen LogP contribution >= 0.6 is 0 Å². The second kappa shape index (κ2) is 3.94. The number of hydrogen-bond donors (Lipinski definition) is 0. The van der Waals surface area contributed by atoms with Gasteiger partial charge in [-0.1, -0.05) is 24.3 Å². The minimum Gasteiger partial charge on any atom is -0.246 e. The van der Waals surface area contributed by atoms with Crippen molar-refractivity contribution in [2.45, 2.75) is 6.42 Å². The van der Waals surface area contributed by atoms with Crippen molar-refractivity contribution in [2.24, 2.45) is 0 Å². The van der Waals surface area contributed by atoms with Crippen LogP contribution in [0, 0.1) is 0 Å². The monoisotopic (exact) mass is 221 g/mol. The average Bonchev–Trinajstić information content (AvgIpc) is 2.39. The van der Waals surface area contributed by atoms with E-state index in [4.69, 9.17) is 0 Å². The molecule has 0 saturated carbocycles. The van der Waals surface area contributed by atoms with Gasteiger partial charge in [-0.25, -0.2) is 4.98 Å². The lowest BCUT2D eigenvalue weighted by Crippen LogP contribution is -1.93. The van der Waals surface area contributed by atoms with Crippen LogP contribution in [0.25, 0.3) is 21.8 Å². The molecular formula is C14H11N3. The lowest BCUT2D eigenvalue weighted by atomic mass is 10.0. The van der Waals surface area contributed by atoms with E-state index in [1.165, 1.54) is 5.56 Å². The minimum absolute atomic E-state index is 0.811. The van der Waals surface area contributed by atoms with Crippen LogP contribution in [0.15, 0.2) is 49.3 Å². The van der Waals surface area contributed by atoms with Gasteiger partial charge in [-0.05, 0) is 18.1 Å². The molecule has 0 bridgehead atoms. The van der Waals surface area contributed by atoms with Gasteiger partial charge in [0.25, 0.3) is 0 Å². The molecule has 0 saturated heterocycles. The summed E-state index contributed by atoms with van der Waals surface area (Å²) < 4.78 is 0. The molecule has 3 heteroatoms. The van der Waals surface area contributed by atoms with E-state index < -0.39 is 0 Å². The van der Waals surface area contributed by atoms with E-state index in [0.717, 1.165) is 28.2 Å². The van der Waals surface area contributed by atoms with Gasteiger partial charge in [-0.15, -0.1) is 6.58 Å². The van der Waals surface area contributed by atoms with Crippen molar-refractivity contribution < 1.29 is 0 Å². The first kappa shape index (κ1) is 9.90. The molecule has 0 fully saturated rings. The van der Waals surface area contributed by atoms with Gasteiger partial charge in [0.2, 0.25) is 0 Å². The first-order valence-electron chi connectivity index (χ1n) is 5.49. The molecule has 0 atom stereocenters. The molecule has 0 amide bonds. The number of aromatic nitrogens is 3. The van der Waals surface area contributed by atoms with Crippen LogP contribution in [-0.2, 0) is 6.42 Å². The van der Waals surface area contributed by atoms with Crippen LogP contribution in [0.1, 0.15) is 5.56 Å². The number of hydrogen-bond acceptors (Lipinski definition) is 3. The van der Waals surface area contributed by atoms with E-state index in [-0.39, 0.29) is 0 Å². The van der Waals surface area contributed by atoms with Crippen LogP contribution < -0.4 is 0 Å². The summed E-state index contributed by atoms with van der Waals surface area (Å²) in [6.45, 7) is 3.81. The third-order valence-corrected chi connectivity index (χ3v) is 2.85. The maximum absolute atomic E-state index is 4.58. The molecule has 0 N–H and O–H groups in total. The molecule has 0 aliphatic carbocycles. The summed E-state index contributed by atoms with van der Waals surface area (Å²) in [6, 6.07) is 8.12. The Morgan fingerprint density at radius 1 is 1.00 bits per heavy atom. The normalized spacial score (nSPS) is 10.8. The molecule has 3 aromatic rings. The Labute approximate surface area is 98.8 Å². The Morgan fingerprint density at radius 3 is 2.71 bits per heavy atom. The van der Waals surface area contributed by atoms with Crippen molar-refractivity contribution in [3.05, 3.63) is 54.9 Å². The molecule has 0 radical (unpaired) electrons. The Bertz CT molecular complexity index is 650. The van der Waals surface area contributed by atoms with Gasteiger partial charge in [0.1, 0.15) is 0 Å². The zero-order chi connectivity index (χ0) is 11.7. The summed E-state index contributed by atoms with van der Waals surface area (Å²) in [5, 5.41) is 10.0. The predicted octanol–water partition coefficient (Wildman–Crippen LogP) is 2.91. The van der Waals surface area contributed by atoms with Gasteiger partial charge < -0.3 is 0 Å². The van der Waals surface area contributed by atoms with E-state index in [1.54, 1.807) is 12.4 Å². The fourth-order valence-corrected chi connectivity index (χ4v) is 2.10. The van der Waals surface area contributed by atoms with Gasteiger partial charge in [0.15, 0.2) is 0 Å². The van der Waals surface area contributed by atoms with Gasteiger partial charge in [-0.2, -0.15) is 10.2 Å². The van der Waals surface area contributed by atoms with Gasteiger partial charge in [0.05, 0.1) is 23.4 Å². The van der Waals surface area contributed by atoms with Crippen LogP contribution in [0.2, 0.25) is 0 Å². The number of rotatable bonds is 2. The zero-order valence-corrected chi connectivity index (χ0v) is 9.30. The van der Waals surface area contributed by atoms with Crippen molar-refractivity contribution in [1.82, 2.24) is 15.2 Å². The highest BCUT2D eigenvalue weighted by atomic mass is 15.1. The van der Waals surface area contributed by atoms with E-state index in [9.17, 15) is 0 Å². The number of fused-ring (bicyclic) bond motifs is 2. The standard InChI is InChI=1S/C14H11N3/c1-2-5-10-11-6-3-4-7-13(11)17-14-9-16-15-8-12(10)14/h2-4,6-9H,1,5H2. The van der Waals surface area contributed by atoms with Crippen molar-refractivity contribution in [2.75, 3.05) is 0 Å². The molecule has 17 heavy (non-hydrogen) atoms. The molecule has 2 heterocycles. The quantitative estimate of drug-likeness (QED) is 0.493. The van der Waals surface area contributed by atoms with Crippen LogP contribution in [0.3, 0.4) is 0 Å². The number of benzene rings is 1. The lowest BCUT2D eigenvalue weighted by molar-refractivity contribution is 1.04. The first-order chi connectivity index (χ1) is 8.40. The molecular weight excluding hydrogens is 210 g/mol. The van der Waals surface area contributed by atoms with Crippen molar-refractivity contribution in [3.63, 3.8) is 0 Å². The van der Waals surface area contributed by atoms with Crippen molar-refractivity contribution >= 4 is 21.8 Å². The number of para-hydroxylation sites is 1. The van der Waals surface area contributed by atoms with Crippen LogP contribution in [0.5, 0.6) is 0 Å². The first-order valence-corrected chi connectivity index (χ1v) is 5.49. The molecule has 3 rings (SSSR count). The maximum Gasteiger partial charge on any atom is 0.0930 e. The number of pyridine rings is 1. The molecule has 0 aliphatic rings. The highest BCUT2D eigenvalue weighted by molar-refractivity contribution is 5.96. The number of nitrogens with zero attached hydrogens (tertiary/aromatic N) is 3. The minimum atomic E-state index is 0.811. The van der Waals surface area contributed by atoms with Gasteiger partial charge >= 0.3 is 0 Å². The summed E-state index contributed by atoms with van der Waals surface area (Å²) in [5.41, 5.74) is 3.09. The Kier molecular flexibility index (Phi) is 2.29. The maximum atomic E-state index is 4.58. The summed E-state index contributed by atoms with van der Waals surface area (Å²) in [5.74, 6) is 0. The third kappa shape index (κ3) is 1.56. The Balaban J connectivity index is 2.51. The largest absolute Gasteiger partial charge is 0.246 e. The van der Waals surface area contributed by atoms with E-state index in [2.05, 4.69) is 27.8 Å². The second-order valence-electron chi connectivity index (χ2n) is 3.89. The van der Waals surface area contributed by atoms with Gasteiger partial charge in [0, 0.05) is 10.8 Å². The summed E-state index contributed by atoms with van der Waals surface area (Å²) in [7, 11) is 0. The fraction of sp³-hybridized carbons (Fsp3) is 0.0714. The highest BCUT2D eigenvalue weighted by Crippen LogP contribution is 2.25.